The molecule has 2 aliphatic rings. The summed E-state index contributed by atoms with van der Waals surface area (Å²) in [6.45, 7) is 11.8. The molecule has 0 spiro atoms. The van der Waals surface area contributed by atoms with E-state index in [-0.39, 0.29) is 39.7 Å². The standard InChI is InChI=1S/2C24H27.2CH3.2ClH.Si.Zr/c2*1-17-8-11-21(12-9-17)22-13-10-18(2)23-15-20(16-24(22)23)14-19-6-4-3-5-7-19;;;;;;/h2*8-13,15-16,19H,3-7,14H2,1-2H3;2*1H3;2*1H;;/q4*-1;;;;. The van der Waals surface area contributed by atoms with E-state index < -0.39 is 0 Å². The van der Waals surface area contributed by atoms with Gasteiger partial charge in [-0.25, -0.2) is 0 Å². The van der Waals surface area contributed by atoms with Crippen LogP contribution in [0.3, 0.4) is 0 Å². The van der Waals surface area contributed by atoms with Crippen LogP contribution in [0.25, 0.3) is 43.8 Å². The molecule has 0 atom stereocenters. The van der Waals surface area contributed by atoms with Crippen LogP contribution >= 0.6 is 24.8 Å². The van der Waals surface area contributed by atoms with Crippen molar-refractivity contribution in [2.75, 3.05) is 0 Å². The summed E-state index contributed by atoms with van der Waals surface area (Å²) < 4.78 is 0. The summed E-state index contributed by atoms with van der Waals surface area (Å²) in [7, 11) is 0. The van der Waals surface area contributed by atoms with Crippen molar-refractivity contribution in [1.82, 2.24) is 0 Å². The van der Waals surface area contributed by atoms with Gasteiger partial charge in [-0.05, 0) is 49.7 Å². The van der Waals surface area contributed by atoms with Gasteiger partial charge in [-0.3, -0.25) is 0 Å². The van der Waals surface area contributed by atoms with Crippen LogP contribution in [0.5, 0.6) is 0 Å². The first-order valence-electron chi connectivity index (χ1n) is 19.2. The van der Waals surface area contributed by atoms with Gasteiger partial charge in [0.15, 0.2) is 0 Å². The van der Waals surface area contributed by atoms with E-state index in [1.165, 1.54) is 166 Å². The van der Waals surface area contributed by atoms with E-state index in [4.69, 9.17) is 0 Å². The monoisotopic (exact) mass is 850 g/mol. The van der Waals surface area contributed by atoms with Crippen LogP contribution in [0.15, 0.2) is 97.1 Å². The van der Waals surface area contributed by atoms with Crippen molar-refractivity contribution in [2.24, 2.45) is 11.8 Å². The summed E-state index contributed by atoms with van der Waals surface area (Å²) in [5, 5.41) is 5.76. The molecule has 2 radical (unpaired) electrons. The molecule has 6 aromatic carbocycles. The number of benzene rings is 4. The van der Waals surface area contributed by atoms with Gasteiger partial charge in [0.25, 0.3) is 0 Å². The van der Waals surface area contributed by atoms with E-state index in [9.17, 15) is 0 Å². The van der Waals surface area contributed by atoms with Crippen LogP contribution in [0.2, 0.25) is 0 Å². The molecule has 2 saturated carbocycles. The SMILES string of the molecule is Cc1ccc(-c2ccc(C)c3[cH-]c(CC4CCCCC4)cc23)cc1.Cc1ccc(-c2ccc(C)c3[cH-]c(CC4CCCCC4)cc23)cc1.Cl.Cl.[CH3-].[CH3-].[Si]=[Zr]. The van der Waals surface area contributed by atoms with Crippen molar-refractivity contribution in [2.45, 2.75) is 105 Å². The van der Waals surface area contributed by atoms with Gasteiger partial charge in [0.2, 0.25) is 0 Å². The van der Waals surface area contributed by atoms with Gasteiger partial charge >= 0.3 is 30.2 Å². The molecule has 0 bridgehead atoms. The summed E-state index contributed by atoms with van der Waals surface area (Å²) in [5.41, 5.74) is 14.0. The Labute approximate surface area is 358 Å². The van der Waals surface area contributed by atoms with E-state index in [1.807, 2.05) is 0 Å². The number of rotatable bonds is 6. The molecule has 0 saturated heterocycles. The summed E-state index contributed by atoms with van der Waals surface area (Å²) in [6.07, 6.45) is 16.8. The van der Waals surface area contributed by atoms with Crippen LogP contribution in [0, 0.1) is 54.4 Å². The minimum atomic E-state index is 0. The molecule has 54 heavy (non-hydrogen) atoms. The molecule has 0 heterocycles. The molecule has 0 N–H and O–H groups in total. The molecule has 6 aromatic rings. The molecular formula is C50H62Cl2SiZr-4. The van der Waals surface area contributed by atoms with Crippen LogP contribution in [0.4, 0.5) is 0 Å². The third-order valence-electron chi connectivity index (χ3n) is 11.6. The first kappa shape index (κ1) is 47.9. The molecule has 4 heteroatoms. The maximum atomic E-state index is 3.06. The van der Waals surface area contributed by atoms with Crippen LogP contribution in [0.1, 0.15) is 97.6 Å². The number of hydrogen-bond donors (Lipinski definition) is 0. The fourth-order valence-corrected chi connectivity index (χ4v) is 8.66. The summed E-state index contributed by atoms with van der Waals surface area (Å²) >= 11 is 1.36. The average Bonchev–Trinajstić information content (AvgIpc) is 3.77. The second kappa shape index (κ2) is 23.1. The van der Waals surface area contributed by atoms with E-state index in [1.54, 1.807) is 11.1 Å². The zero-order valence-corrected chi connectivity index (χ0v) is 38.8. The molecule has 288 valence electrons. The van der Waals surface area contributed by atoms with Crippen molar-refractivity contribution in [3.63, 3.8) is 0 Å². The third kappa shape index (κ3) is 11.9. The van der Waals surface area contributed by atoms with Crippen molar-refractivity contribution in [1.29, 1.82) is 0 Å². The summed E-state index contributed by atoms with van der Waals surface area (Å²) in [4.78, 5) is 0. The molecule has 8 rings (SSSR count). The summed E-state index contributed by atoms with van der Waals surface area (Å²) in [6, 6.07) is 36.9. The Balaban J connectivity index is 0.000000334. The van der Waals surface area contributed by atoms with Crippen molar-refractivity contribution >= 4 is 53.2 Å². The molecule has 0 unspecified atom stereocenters. The predicted octanol–water partition coefficient (Wildman–Crippen LogP) is 15.3. The van der Waals surface area contributed by atoms with E-state index >= 15 is 0 Å². The van der Waals surface area contributed by atoms with Gasteiger partial charge in [-0.1, -0.05) is 161 Å². The molecule has 0 amide bonds. The third-order valence-corrected chi connectivity index (χ3v) is 11.6. The minimum absolute atomic E-state index is 0. The van der Waals surface area contributed by atoms with Gasteiger partial charge in [-0.15, -0.1) is 92.9 Å². The number of halogens is 2. The van der Waals surface area contributed by atoms with Crippen LogP contribution in [-0.4, -0.2) is 6.88 Å². The predicted molar refractivity (Wildman–Crippen MR) is 243 cm³/mol. The number of hydrogen-bond acceptors (Lipinski definition) is 0. The van der Waals surface area contributed by atoms with E-state index in [0.717, 1.165) is 11.8 Å². The first-order chi connectivity index (χ1) is 24.4. The van der Waals surface area contributed by atoms with E-state index in [0.29, 0.717) is 0 Å². The summed E-state index contributed by atoms with van der Waals surface area (Å²) in [5.74, 6) is 1.80. The molecule has 0 aromatic heterocycles. The van der Waals surface area contributed by atoms with Gasteiger partial charge in [0, 0.05) is 0 Å². The topological polar surface area (TPSA) is 0 Å². The van der Waals surface area contributed by atoms with E-state index in [2.05, 4.69) is 132 Å². The van der Waals surface area contributed by atoms with Gasteiger partial charge in [0.1, 0.15) is 0 Å². The maximum absolute atomic E-state index is 3.06. The normalized spacial score (nSPS) is 14.2. The fraction of sp³-hybridized carbons (Fsp3) is 0.360. The Morgan fingerprint density at radius 1 is 0.500 bits per heavy atom. The fourth-order valence-electron chi connectivity index (χ4n) is 8.66. The van der Waals surface area contributed by atoms with Gasteiger partial charge < -0.3 is 14.9 Å². The first-order valence-corrected chi connectivity index (χ1v) is 23.4. The second-order valence-corrected chi connectivity index (χ2v) is 15.4. The molecule has 0 nitrogen and oxygen atoms in total. The Bertz CT molecular complexity index is 1840. The van der Waals surface area contributed by atoms with Crippen molar-refractivity contribution in [3.8, 4) is 22.3 Å². The average molecular weight is 853 g/mol. The van der Waals surface area contributed by atoms with Gasteiger partial charge in [0.05, 0.1) is 0 Å². The molecular weight excluding hydrogens is 791 g/mol. The van der Waals surface area contributed by atoms with Crippen LogP contribution < -0.4 is 0 Å². The zero-order chi connectivity index (χ0) is 35.0. The molecule has 2 aliphatic carbocycles. The quantitative estimate of drug-likeness (QED) is 0.116. The Morgan fingerprint density at radius 3 is 1.17 bits per heavy atom. The van der Waals surface area contributed by atoms with Crippen LogP contribution in [-0.2, 0) is 36.2 Å². The Hall–Kier alpha value is -2.22. The Kier molecular flexibility index (Phi) is 20.5. The Morgan fingerprint density at radius 2 is 0.833 bits per heavy atom. The second-order valence-electron chi connectivity index (χ2n) is 15.4. The number of aryl methyl sites for hydroxylation is 4. The van der Waals surface area contributed by atoms with Gasteiger partial charge in [-0.2, -0.15) is 12.1 Å². The number of fused-ring (bicyclic) bond motifs is 2. The molecule has 2 fully saturated rings. The molecule has 0 aliphatic heterocycles. The zero-order valence-electron chi connectivity index (χ0n) is 33.7. The van der Waals surface area contributed by atoms with Crippen molar-refractivity contribution in [3.05, 3.63) is 145 Å². The van der Waals surface area contributed by atoms with Crippen molar-refractivity contribution < 1.29 is 23.3 Å².